The Hall–Kier alpha value is -1.62. The summed E-state index contributed by atoms with van der Waals surface area (Å²) in [4.78, 5) is 3.70. The average molecular weight is 276 g/mol. The van der Waals surface area contributed by atoms with Crippen LogP contribution in [0.25, 0.3) is 11.3 Å². The van der Waals surface area contributed by atoms with Crippen LogP contribution in [0.5, 0.6) is 0 Å². The zero-order valence-corrected chi connectivity index (χ0v) is 9.56. The van der Waals surface area contributed by atoms with Gasteiger partial charge in [0, 0.05) is 5.56 Å². The monoisotopic (exact) mass is 275 g/mol. The van der Waals surface area contributed by atoms with Crippen LogP contribution in [0.3, 0.4) is 0 Å². The van der Waals surface area contributed by atoms with Crippen LogP contribution >= 0.6 is 11.6 Å². The molecule has 2 aromatic rings. The van der Waals surface area contributed by atoms with Crippen molar-refractivity contribution in [1.29, 1.82) is 0 Å². The molecular weight excluding hydrogens is 270 g/mol. The number of benzene rings is 1. The number of halogens is 5. The Morgan fingerprint density at radius 2 is 1.83 bits per heavy atom. The Balaban J connectivity index is 2.51. The second-order valence-electron chi connectivity index (χ2n) is 3.56. The van der Waals surface area contributed by atoms with E-state index in [1.165, 1.54) is 12.1 Å². The number of nitrogens with zero attached hydrogens (tertiary/aromatic N) is 1. The van der Waals surface area contributed by atoms with Gasteiger partial charge in [-0.15, -0.1) is 0 Å². The van der Waals surface area contributed by atoms with Gasteiger partial charge in [0.05, 0.1) is 22.5 Å². The molecule has 0 saturated heterocycles. The van der Waals surface area contributed by atoms with E-state index in [1.807, 2.05) is 0 Å². The molecule has 0 saturated carbocycles. The van der Waals surface area contributed by atoms with Crippen LogP contribution in [-0.2, 0) is 6.18 Å². The van der Waals surface area contributed by atoms with Crippen LogP contribution in [0.2, 0.25) is 5.02 Å². The van der Waals surface area contributed by atoms with Crippen molar-refractivity contribution < 1.29 is 17.6 Å². The Labute approximate surface area is 105 Å². The normalized spacial score (nSPS) is 11.6. The van der Waals surface area contributed by atoms with Crippen molar-refractivity contribution in [1.82, 2.24) is 4.98 Å². The van der Waals surface area contributed by atoms with Gasteiger partial charge in [0.2, 0.25) is 0 Å². The predicted octanol–water partition coefficient (Wildman–Crippen LogP) is 4.56. The Kier molecular flexibility index (Phi) is 3.26. The first-order valence-electron chi connectivity index (χ1n) is 4.86. The van der Waals surface area contributed by atoms with Gasteiger partial charge in [0.15, 0.2) is 0 Å². The summed E-state index contributed by atoms with van der Waals surface area (Å²) >= 11 is 5.75. The Morgan fingerprint density at radius 1 is 1.11 bits per heavy atom. The molecule has 1 nitrogen and oxygen atoms in total. The lowest BCUT2D eigenvalue weighted by atomic mass is 10.1. The lowest BCUT2D eigenvalue weighted by Gasteiger charge is -2.09. The summed E-state index contributed by atoms with van der Waals surface area (Å²) < 4.78 is 50.4. The molecule has 0 amide bonds. The smallest absolute Gasteiger partial charge is 0.252 e. The maximum atomic E-state index is 12.8. The van der Waals surface area contributed by atoms with E-state index in [4.69, 9.17) is 11.6 Å². The number of hydrogen-bond acceptors (Lipinski definition) is 1. The summed E-state index contributed by atoms with van der Waals surface area (Å²) in [5.74, 6) is -0.643. The van der Waals surface area contributed by atoms with E-state index in [0.29, 0.717) is 0 Å². The van der Waals surface area contributed by atoms with Crippen LogP contribution in [0.1, 0.15) is 5.56 Å². The standard InChI is InChI=1S/C12H6ClF4N/c13-10-5-9(14)6-18-11(10)7-2-1-3-8(4-7)12(15,16)17/h1-6H. The van der Waals surface area contributed by atoms with Gasteiger partial charge in [-0.2, -0.15) is 13.2 Å². The van der Waals surface area contributed by atoms with Crippen molar-refractivity contribution in [3.05, 3.63) is 52.9 Å². The van der Waals surface area contributed by atoms with Crippen LogP contribution in [0.4, 0.5) is 17.6 Å². The van der Waals surface area contributed by atoms with Crippen molar-refractivity contribution in [3.63, 3.8) is 0 Å². The minimum atomic E-state index is -4.44. The number of aromatic nitrogens is 1. The van der Waals surface area contributed by atoms with E-state index in [2.05, 4.69) is 4.98 Å². The molecule has 94 valence electrons. The Bertz CT molecular complexity index is 581. The molecule has 0 unspecified atom stereocenters. The van der Waals surface area contributed by atoms with Crippen LogP contribution in [-0.4, -0.2) is 4.98 Å². The highest BCUT2D eigenvalue weighted by Crippen LogP contribution is 2.33. The maximum absolute atomic E-state index is 12.8. The van der Waals surface area contributed by atoms with Gasteiger partial charge >= 0.3 is 6.18 Å². The third-order valence-corrected chi connectivity index (χ3v) is 2.56. The second-order valence-corrected chi connectivity index (χ2v) is 3.97. The summed E-state index contributed by atoms with van der Waals surface area (Å²) in [7, 11) is 0. The van der Waals surface area contributed by atoms with Crippen molar-refractivity contribution in [3.8, 4) is 11.3 Å². The quantitative estimate of drug-likeness (QED) is 0.695. The van der Waals surface area contributed by atoms with Gasteiger partial charge in [0.1, 0.15) is 5.82 Å². The fourth-order valence-electron chi connectivity index (χ4n) is 1.47. The molecule has 0 N–H and O–H groups in total. The molecule has 0 aliphatic carbocycles. The van der Waals surface area contributed by atoms with Crippen molar-refractivity contribution in [2.24, 2.45) is 0 Å². The first kappa shape index (κ1) is 12.8. The molecule has 6 heteroatoms. The molecule has 0 aliphatic rings. The minimum Gasteiger partial charge on any atom is -0.252 e. The van der Waals surface area contributed by atoms with Crippen LogP contribution in [0.15, 0.2) is 36.5 Å². The predicted molar refractivity (Wildman–Crippen MR) is 59.6 cm³/mol. The molecule has 0 bridgehead atoms. The van der Waals surface area contributed by atoms with Gasteiger partial charge in [-0.1, -0.05) is 23.7 Å². The number of alkyl halides is 3. The third kappa shape index (κ3) is 2.61. The summed E-state index contributed by atoms with van der Waals surface area (Å²) in [6.07, 6.45) is -3.54. The number of pyridine rings is 1. The molecule has 0 radical (unpaired) electrons. The summed E-state index contributed by atoms with van der Waals surface area (Å²) in [5, 5.41) is -0.0330. The van der Waals surface area contributed by atoms with E-state index in [0.717, 1.165) is 24.4 Å². The van der Waals surface area contributed by atoms with Crippen molar-refractivity contribution >= 4 is 11.6 Å². The summed E-state index contributed by atoms with van der Waals surface area (Å²) in [5.41, 5.74) is -0.499. The van der Waals surface area contributed by atoms with E-state index in [-0.39, 0.29) is 16.3 Å². The maximum Gasteiger partial charge on any atom is 0.416 e. The largest absolute Gasteiger partial charge is 0.416 e. The highest BCUT2D eigenvalue weighted by atomic mass is 35.5. The average Bonchev–Trinajstić information content (AvgIpc) is 2.28. The highest BCUT2D eigenvalue weighted by Gasteiger charge is 2.30. The third-order valence-electron chi connectivity index (χ3n) is 2.27. The van der Waals surface area contributed by atoms with Gasteiger partial charge in [-0.25, -0.2) is 4.39 Å². The van der Waals surface area contributed by atoms with Crippen molar-refractivity contribution in [2.75, 3.05) is 0 Å². The second kappa shape index (κ2) is 4.57. The SMILES string of the molecule is Fc1cnc(-c2cccc(C(F)(F)F)c2)c(Cl)c1. The van der Waals surface area contributed by atoms with Crippen LogP contribution < -0.4 is 0 Å². The molecule has 0 spiro atoms. The molecule has 0 atom stereocenters. The molecular formula is C12H6ClF4N. The summed E-state index contributed by atoms with van der Waals surface area (Å²) in [6, 6.07) is 5.55. The number of rotatable bonds is 1. The highest BCUT2D eigenvalue weighted by molar-refractivity contribution is 6.33. The first-order chi connectivity index (χ1) is 8.38. The van der Waals surface area contributed by atoms with Gasteiger partial charge in [-0.3, -0.25) is 4.98 Å². The first-order valence-corrected chi connectivity index (χ1v) is 5.24. The van der Waals surface area contributed by atoms with Gasteiger partial charge < -0.3 is 0 Å². The summed E-state index contributed by atoms with van der Waals surface area (Å²) in [6.45, 7) is 0. The van der Waals surface area contributed by atoms with Gasteiger partial charge in [0.25, 0.3) is 0 Å². The van der Waals surface area contributed by atoms with Crippen molar-refractivity contribution in [2.45, 2.75) is 6.18 Å². The lowest BCUT2D eigenvalue weighted by Crippen LogP contribution is -2.04. The zero-order valence-electron chi connectivity index (χ0n) is 8.80. The molecule has 0 fully saturated rings. The molecule has 1 aromatic heterocycles. The fourth-order valence-corrected chi connectivity index (χ4v) is 1.73. The van der Waals surface area contributed by atoms with E-state index in [9.17, 15) is 17.6 Å². The van der Waals surface area contributed by atoms with Gasteiger partial charge in [-0.05, 0) is 18.2 Å². The van der Waals surface area contributed by atoms with E-state index in [1.54, 1.807) is 0 Å². The zero-order chi connectivity index (χ0) is 13.3. The van der Waals surface area contributed by atoms with E-state index < -0.39 is 17.6 Å². The lowest BCUT2D eigenvalue weighted by molar-refractivity contribution is -0.137. The molecule has 2 rings (SSSR count). The molecule has 1 aromatic carbocycles. The topological polar surface area (TPSA) is 12.9 Å². The van der Waals surface area contributed by atoms with Crippen LogP contribution in [0, 0.1) is 5.82 Å². The molecule has 1 heterocycles. The molecule has 0 aliphatic heterocycles. The fraction of sp³-hybridized carbons (Fsp3) is 0.0833. The van der Waals surface area contributed by atoms with E-state index >= 15 is 0 Å². The number of hydrogen-bond donors (Lipinski definition) is 0. The Morgan fingerprint density at radius 3 is 2.44 bits per heavy atom. The molecule has 18 heavy (non-hydrogen) atoms. The minimum absolute atomic E-state index is 0.0330.